The van der Waals surface area contributed by atoms with E-state index in [1.54, 1.807) is 0 Å². The second-order valence-electron chi connectivity index (χ2n) is 8.56. The van der Waals surface area contributed by atoms with Crippen LogP contribution >= 0.6 is 11.6 Å². The van der Waals surface area contributed by atoms with Crippen molar-refractivity contribution in [3.05, 3.63) is 35.2 Å². The van der Waals surface area contributed by atoms with Gasteiger partial charge in [-0.05, 0) is 49.9 Å². The molecule has 29 heavy (non-hydrogen) atoms. The molecule has 1 aliphatic heterocycles. The third kappa shape index (κ3) is 5.58. The van der Waals surface area contributed by atoms with Crippen molar-refractivity contribution in [3.63, 3.8) is 0 Å². The number of hydrogen-bond acceptors (Lipinski definition) is 5. The molecule has 7 heteroatoms. The van der Waals surface area contributed by atoms with Gasteiger partial charge in [0.2, 0.25) is 17.6 Å². The smallest absolute Gasteiger partial charge is 0.241 e. The maximum Gasteiger partial charge on any atom is 0.241 e. The summed E-state index contributed by atoms with van der Waals surface area (Å²) in [5.74, 6) is 2.21. The first kappa shape index (κ1) is 21.8. The molecule has 1 aromatic carbocycles. The molecule has 0 unspecified atom stereocenters. The fourth-order valence-corrected chi connectivity index (χ4v) is 4.22. The number of carbonyl (C=O) groups excluding carboxylic acids is 1. The number of halogens is 1. The third-order valence-corrected chi connectivity index (χ3v) is 5.98. The highest BCUT2D eigenvalue weighted by Crippen LogP contribution is 2.26. The maximum absolute atomic E-state index is 12.7. The first-order valence-corrected chi connectivity index (χ1v) is 10.8. The average molecular weight is 419 g/mol. The van der Waals surface area contributed by atoms with Crippen molar-refractivity contribution < 1.29 is 9.32 Å². The number of hydrogen-bond donors (Lipinski definition) is 1. The molecule has 0 radical (unpaired) electrons. The molecule has 1 N–H and O–H groups in total. The number of rotatable bonds is 7. The number of carbonyl (C=O) groups is 1. The number of nitrogens with zero attached hydrogens (tertiary/aromatic N) is 3. The Labute approximate surface area is 178 Å². The van der Waals surface area contributed by atoms with Crippen molar-refractivity contribution in [2.45, 2.75) is 53.1 Å². The van der Waals surface area contributed by atoms with Gasteiger partial charge >= 0.3 is 0 Å². The van der Waals surface area contributed by atoms with Gasteiger partial charge in [0.15, 0.2) is 0 Å². The zero-order valence-corrected chi connectivity index (χ0v) is 18.4. The highest BCUT2D eigenvalue weighted by molar-refractivity contribution is 6.33. The summed E-state index contributed by atoms with van der Waals surface area (Å²) in [5, 5.41) is 7.93. The number of piperidine rings is 1. The number of benzene rings is 1. The lowest BCUT2D eigenvalue weighted by molar-refractivity contribution is -0.127. The van der Waals surface area contributed by atoms with Crippen molar-refractivity contribution in [1.82, 2.24) is 20.4 Å². The summed E-state index contributed by atoms with van der Waals surface area (Å²) in [7, 11) is 0. The fraction of sp³-hybridized carbons (Fsp3) is 0.591. The summed E-state index contributed by atoms with van der Waals surface area (Å²) in [6.45, 7) is 10.9. The van der Waals surface area contributed by atoms with E-state index in [-0.39, 0.29) is 17.9 Å². The topological polar surface area (TPSA) is 71.3 Å². The zero-order valence-electron chi connectivity index (χ0n) is 17.7. The van der Waals surface area contributed by atoms with E-state index in [2.05, 4.69) is 48.1 Å². The van der Waals surface area contributed by atoms with E-state index < -0.39 is 0 Å². The minimum Gasteiger partial charge on any atom is -0.353 e. The van der Waals surface area contributed by atoms with Crippen LogP contribution in [0.3, 0.4) is 0 Å². The lowest BCUT2D eigenvalue weighted by Gasteiger charge is -2.33. The highest BCUT2D eigenvalue weighted by Gasteiger charge is 2.29. The van der Waals surface area contributed by atoms with Crippen molar-refractivity contribution in [2.75, 3.05) is 13.1 Å². The van der Waals surface area contributed by atoms with Gasteiger partial charge in [-0.3, -0.25) is 9.69 Å². The molecule has 1 amide bonds. The Morgan fingerprint density at radius 3 is 2.48 bits per heavy atom. The molecule has 3 rings (SSSR count). The Balaban J connectivity index is 1.51. The van der Waals surface area contributed by atoms with E-state index in [0.717, 1.165) is 31.5 Å². The van der Waals surface area contributed by atoms with Crippen molar-refractivity contribution in [1.29, 1.82) is 0 Å². The molecule has 1 fully saturated rings. The molecule has 2 aromatic rings. The van der Waals surface area contributed by atoms with Crippen LogP contribution < -0.4 is 5.32 Å². The fourth-order valence-electron chi connectivity index (χ4n) is 4.00. The summed E-state index contributed by atoms with van der Waals surface area (Å²) < 4.78 is 5.42. The van der Waals surface area contributed by atoms with E-state index >= 15 is 0 Å². The van der Waals surface area contributed by atoms with Crippen molar-refractivity contribution in [3.8, 4) is 11.4 Å². The van der Waals surface area contributed by atoms with Gasteiger partial charge in [-0.25, -0.2) is 0 Å². The van der Waals surface area contributed by atoms with Gasteiger partial charge in [-0.15, -0.1) is 0 Å². The van der Waals surface area contributed by atoms with Crippen molar-refractivity contribution in [2.24, 2.45) is 17.8 Å². The predicted octanol–water partition coefficient (Wildman–Crippen LogP) is 4.40. The van der Waals surface area contributed by atoms with Crippen LogP contribution in [0.5, 0.6) is 0 Å². The SMILES string of the molecule is CC(C)C(NC(=O)C1CCN(Cc2nc(-c3ccccc3Cl)no2)CC1)C(C)C. The first-order valence-electron chi connectivity index (χ1n) is 10.5. The normalized spacial score (nSPS) is 16.1. The molecule has 0 spiro atoms. The third-order valence-electron chi connectivity index (χ3n) is 5.65. The summed E-state index contributed by atoms with van der Waals surface area (Å²) in [4.78, 5) is 19.4. The molecule has 0 aliphatic carbocycles. The quantitative estimate of drug-likeness (QED) is 0.721. The Hall–Kier alpha value is -1.92. The summed E-state index contributed by atoms with van der Waals surface area (Å²) in [6, 6.07) is 7.68. The van der Waals surface area contributed by atoms with Gasteiger partial charge in [0.25, 0.3) is 0 Å². The molecule has 1 aromatic heterocycles. The molecule has 0 saturated carbocycles. The lowest BCUT2D eigenvalue weighted by atomic mass is 9.90. The zero-order chi connectivity index (χ0) is 21.0. The van der Waals surface area contributed by atoms with Crippen LogP contribution in [0.15, 0.2) is 28.8 Å². The average Bonchev–Trinajstić information content (AvgIpc) is 3.14. The van der Waals surface area contributed by atoms with Gasteiger partial charge in [0, 0.05) is 17.5 Å². The maximum atomic E-state index is 12.7. The number of aromatic nitrogens is 2. The highest BCUT2D eigenvalue weighted by atomic mass is 35.5. The van der Waals surface area contributed by atoms with Crippen LogP contribution in [0.25, 0.3) is 11.4 Å². The van der Waals surface area contributed by atoms with Crippen LogP contribution in [0.2, 0.25) is 5.02 Å². The minimum atomic E-state index is 0.0765. The Kier molecular flexibility index (Phi) is 7.30. The summed E-state index contributed by atoms with van der Waals surface area (Å²) >= 11 is 6.21. The van der Waals surface area contributed by atoms with E-state index in [9.17, 15) is 4.79 Å². The van der Waals surface area contributed by atoms with Crippen molar-refractivity contribution >= 4 is 17.5 Å². The molecule has 0 bridgehead atoms. The van der Waals surface area contributed by atoms with Gasteiger partial charge in [0.05, 0.1) is 11.6 Å². The number of likely N-dealkylation sites (tertiary alicyclic amines) is 1. The number of amides is 1. The van der Waals surface area contributed by atoms with Crippen LogP contribution in [0, 0.1) is 17.8 Å². The molecule has 158 valence electrons. The molecule has 2 heterocycles. The van der Waals surface area contributed by atoms with Crippen LogP contribution in [0.1, 0.15) is 46.4 Å². The molecule has 0 atom stereocenters. The molecular weight excluding hydrogens is 388 g/mol. The monoisotopic (exact) mass is 418 g/mol. The van der Waals surface area contributed by atoms with Gasteiger partial charge in [-0.2, -0.15) is 4.98 Å². The molecule has 1 saturated heterocycles. The van der Waals surface area contributed by atoms with Gasteiger partial charge < -0.3 is 9.84 Å². The predicted molar refractivity (Wildman–Crippen MR) is 114 cm³/mol. The number of nitrogens with one attached hydrogen (secondary N) is 1. The van der Waals surface area contributed by atoms with Crippen LogP contribution in [-0.2, 0) is 11.3 Å². The van der Waals surface area contributed by atoms with E-state index in [4.69, 9.17) is 16.1 Å². The van der Waals surface area contributed by atoms with Crippen LogP contribution in [0.4, 0.5) is 0 Å². The van der Waals surface area contributed by atoms with E-state index in [1.807, 2.05) is 24.3 Å². The van der Waals surface area contributed by atoms with E-state index in [0.29, 0.717) is 35.1 Å². The molecule has 6 nitrogen and oxygen atoms in total. The second kappa shape index (κ2) is 9.72. The van der Waals surface area contributed by atoms with Crippen LogP contribution in [-0.4, -0.2) is 40.1 Å². The standard InChI is InChI=1S/C22H31ClN4O2/c1-14(2)20(15(3)4)25-22(28)16-9-11-27(12-10-16)13-19-24-21(26-29-19)17-7-5-6-8-18(17)23/h5-8,14-16,20H,9-13H2,1-4H3,(H,25,28). The first-order chi connectivity index (χ1) is 13.8. The Bertz CT molecular complexity index is 805. The van der Waals surface area contributed by atoms with E-state index in [1.165, 1.54) is 0 Å². The summed E-state index contributed by atoms with van der Waals surface area (Å²) in [6.07, 6.45) is 1.69. The minimum absolute atomic E-state index is 0.0765. The van der Waals surface area contributed by atoms with Gasteiger partial charge in [0.1, 0.15) is 0 Å². The molecule has 1 aliphatic rings. The lowest BCUT2D eigenvalue weighted by Crippen LogP contribution is -2.47. The second-order valence-corrected chi connectivity index (χ2v) is 8.97. The van der Waals surface area contributed by atoms with Gasteiger partial charge in [-0.1, -0.05) is 56.6 Å². The Morgan fingerprint density at radius 1 is 1.21 bits per heavy atom. The largest absolute Gasteiger partial charge is 0.353 e. The summed E-state index contributed by atoms with van der Waals surface area (Å²) in [5.41, 5.74) is 0.768. The molecular formula is C22H31ClN4O2. The Morgan fingerprint density at radius 2 is 1.86 bits per heavy atom.